The molecule has 0 radical (unpaired) electrons. The molecule has 1 aliphatic heterocycles. The van der Waals surface area contributed by atoms with Gasteiger partial charge in [0.1, 0.15) is 12.4 Å². The number of benzene rings is 2. The fourth-order valence-electron chi connectivity index (χ4n) is 3.07. The number of rotatable bonds is 7. The lowest BCUT2D eigenvalue weighted by Crippen LogP contribution is -2.42. The monoisotopic (exact) mass is 410 g/mol. The number of carbonyl (C=O) groups is 2. The van der Waals surface area contributed by atoms with E-state index in [-0.39, 0.29) is 11.8 Å². The van der Waals surface area contributed by atoms with Gasteiger partial charge in [0.15, 0.2) is 0 Å². The molecular formula is C23H26N2O3S. The Morgan fingerprint density at radius 2 is 2.03 bits per heavy atom. The number of ether oxygens (including phenoxy) is 1. The van der Waals surface area contributed by atoms with Crippen LogP contribution in [0.4, 0.5) is 11.4 Å². The molecule has 2 amide bonds. The molecule has 0 fully saturated rings. The summed E-state index contributed by atoms with van der Waals surface area (Å²) >= 11 is 1.56. The van der Waals surface area contributed by atoms with Crippen LogP contribution in [-0.2, 0) is 15.3 Å². The first-order valence-electron chi connectivity index (χ1n) is 9.52. The zero-order chi connectivity index (χ0) is 20.9. The molecule has 1 N–H and O–H groups in total. The number of amides is 2. The number of anilines is 2. The minimum absolute atomic E-state index is 0.0296. The summed E-state index contributed by atoms with van der Waals surface area (Å²) in [4.78, 5) is 27.0. The topological polar surface area (TPSA) is 58.6 Å². The van der Waals surface area contributed by atoms with Crippen LogP contribution in [0, 0.1) is 5.41 Å². The Morgan fingerprint density at radius 3 is 2.76 bits per heavy atom. The van der Waals surface area contributed by atoms with E-state index in [1.807, 2.05) is 44.2 Å². The van der Waals surface area contributed by atoms with Gasteiger partial charge in [-0.2, -0.15) is 0 Å². The van der Waals surface area contributed by atoms with Crippen molar-refractivity contribution in [2.24, 2.45) is 5.41 Å². The number of carbonyl (C=O) groups excluding carboxylic acids is 2. The molecule has 5 nitrogen and oxygen atoms in total. The largest absolute Gasteiger partial charge is 0.490 e. The molecule has 0 atom stereocenters. The quantitative estimate of drug-likeness (QED) is 0.683. The summed E-state index contributed by atoms with van der Waals surface area (Å²) in [5, 5.41) is 2.92. The zero-order valence-electron chi connectivity index (χ0n) is 16.8. The molecule has 0 bridgehead atoms. The predicted molar refractivity (Wildman–Crippen MR) is 120 cm³/mol. The molecule has 0 saturated carbocycles. The molecule has 1 aliphatic rings. The summed E-state index contributed by atoms with van der Waals surface area (Å²) in [5.41, 5.74) is 1.84. The molecule has 29 heavy (non-hydrogen) atoms. The first kappa shape index (κ1) is 21.0. The minimum Gasteiger partial charge on any atom is -0.490 e. The fraction of sp³-hybridized carbons (Fsp3) is 0.304. The van der Waals surface area contributed by atoms with Crippen molar-refractivity contribution in [3.8, 4) is 5.75 Å². The molecule has 0 saturated heterocycles. The number of thioether (sulfide) groups is 1. The highest BCUT2D eigenvalue weighted by molar-refractivity contribution is 7.99. The van der Waals surface area contributed by atoms with Gasteiger partial charge in [-0.3, -0.25) is 9.59 Å². The van der Waals surface area contributed by atoms with Crippen molar-refractivity contribution < 1.29 is 14.3 Å². The molecule has 3 rings (SSSR count). The lowest BCUT2D eigenvalue weighted by Gasteiger charge is -2.27. The lowest BCUT2D eigenvalue weighted by atomic mass is 9.93. The number of hydrogen-bond donors (Lipinski definition) is 1. The Balaban J connectivity index is 1.69. The zero-order valence-corrected chi connectivity index (χ0v) is 17.6. The van der Waals surface area contributed by atoms with Gasteiger partial charge in [0.2, 0.25) is 11.8 Å². The van der Waals surface area contributed by atoms with Crippen LogP contribution >= 0.6 is 11.8 Å². The van der Waals surface area contributed by atoms with Crippen LogP contribution in [0.25, 0.3) is 0 Å². The van der Waals surface area contributed by atoms with Gasteiger partial charge in [-0.1, -0.05) is 36.4 Å². The normalized spacial score (nSPS) is 15.1. The van der Waals surface area contributed by atoms with E-state index in [0.717, 1.165) is 5.75 Å². The van der Waals surface area contributed by atoms with Gasteiger partial charge >= 0.3 is 0 Å². The van der Waals surface area contributed by atoms with Crippen LogP contribution in [0.5, 0.6) is 5.75 Å². The van der Waals surface area contributed by atoms with Crippen molar-refractivity contribution in [1.29, 1.82) is 0 Å². The van der Waals surface area contributed by atoms with E-state index in [0.29, 0.717) is 36.0 Å². The highest BCUT2D eigenvalue weighted by Gasteiger charge is 2.37. The molecule has 0 aromatic heterocycles. The summed E-state index contributed by atoms with van der Waals surface area (Å²) in [6.45, 7) is 8.17. The van der Waals surface area contributed by atoms with E-state index in [9.17, 15) is 9.59 Å². The third-order valence-electron chi connectivity index (χ3n) is 4.60. The number of fused-ring (bicyclic) bond motifs is 1. The highest BCUT2D eigenvalue weighted by Crippen LogP contribution is 2.38. The number of nitrogens with zero attached hydrogens (tertiary/aromatic N) is 1. The van der Waals surface area contributed by atoms with Crippen LogP contribution < -0.4 is 15.0 Å². The second kappa shape index (κ2) is 9.18. The number of hydrogen-bond acceptors (Lipinski definition) is 4. The van der Waals surface area contributed by atoms with Crippen LogP contribution in [0.2, 0.25) is 0 Å². The van der Waals surface area contributed by atoms with Crippen molar-refractivity contribution >= 4 is 35.0 Å². The van der Waals surface area contributed by atoms with Gasteiger partial charge in [-0.05, 0) is 37.6 Å². The maximum atomic E-state index is 12.9. The van der Waals surface area contributed by atoms with Gasteiger partial charge in [-0.15, -0.1) is 18.3 Å². The molecule has 0 aliphatic carbocycles. The predicted octanol–water partition coefficient (Wildman–Crippen LogP) is 4.50. The third-order valence-corrected chi connectivity index (χ3v) is 5.61. The van der Waals surface area contributed by atoms with Gasteiger partial charge in [-0.25, -0.2) is 0 Å². The minimum atomic E-state index is -0.639. The second-order valence-electron chi connectivity index (χ2n) is 7.59. The Hall–Kier alpha value is -2.73. The van der Waals surface area contributed by atoms with Crippen molar-refractivity contribution in [2.75, 3.05) is 29.1 Å². The average molecular weight is 411 g/mol. The molecular weight excluding hydrogens is 384 g/mol. The van der Waals surface area contributed by atoms with E-state index < -0.39 is 5.41 Å². The Kier molecular flexibility index (Phi) is 6.64. The Bertz CT molecular complexity index is 896. The van der Waals surface area contributed by atoms with Gasteiger partial charge in [0, 0.05) is 18.0 Å². The summed E-state index contributed by atoms with van der Waals surface area (Å²) in [6.07, 6.45) is 1.69. The van der Waals surface area contributed by atoms with Gasteiger partial charge in [0.05, 0.1) is 16.9 Å². The van der Waals surface area contributed by atoms with Crippen LogP contribution in [0.15, 0.2) is 61.2 Å². The molecule has 152 valence electrons. The summed E-state index contributed by atoms with van der Waals surface area (Å²) in [6, 6.07) is 15.4. The molecule has 0 unspecified atom stereocenters. The molecule has 1 heterocycles. The summed E-state index contributed by atoms with van der Waals surface area (Å²) in [5.74, 6) is 1.65. The van der Waals surface area contributed by atoms with Crippen molar-refractivity contribution in [2.45, 2.75) is 19.6 Å². The molecule has 6 heteroatoms. The van der Waals surface area contributed by atoms with Crippen LogP contribution in [0.3, 0.4) is 0 Å². The summed E-state index contributed by atoms with van der Waals surface area (Å²) < 4.78 is 5.87. The molecule has 2 aromatic carbocycles. The van der Waals surface area contributed by atoms with Crippen LogP contribution in [-0.4, -0.2) is 30.7 Å². The maximum absolute atomic E-state index is 12.9. The molecule has 0 spiro atoms. The third kappa shape index (κ3) is 5.21. The summed E-state index contributed by atoms with van der Waals surface area (Å²) in [7, 11) is 0. The highest BCUT2D eigenvalue weighted by atomic mass is 32.2. The fourth-order valence-corrected chi connectivity index (χ4v) is 3.85. The van der Waals surface area contributed by atoms with E-state index in [1.165, 1.54) is 5.56 Å². The smallest absolute Gasteiger partial charge is 0.236 e. The molecule has 2 aromatic rings. The van der Waals surface area contributed by atoms with Crippen molar-refractivity contribution in [3.63, 3.8) is 0 Å². The first-order valence-corrected chi connectivity index (χ1v) is 10.7. The van der Waals surface area contributed by atoms with Gasteiger partial charge < -0.3 is 15.0 Å². The van der Waals surface area contributed by atoms with E-state index >= 15 is 0 Å². The van der Waals surface area contributed by atoms with Gasteiger partial charge in [0.25, 0.3) is 0 Å². The van der Waals surface area contributed by atoms with Crippen molar-refractivity contribution in [3.05, 3.63) is 66.7 Å². The first-order chi connectivity index (χ1) is 13.9. The maximum Gasteiger partial charge on any atom is 0.236 e. The standard InChI is InChI=1S/C23H26N2O3S/c1-4-12-25-19-13-18(10-11-20(19)28-16-23(2,3)22(25)27)24-21(26)15-29-14-17-8-6-5-7-9-17/h4-11,13H,1,12,14-16H2,2-3H3,(H,24,26). The Labute approximate surface area is 176 Å². The van der Waals surface area contributed by atoms with E-state index in [4.69, 9.17) is 4.74 Å². The SMILES string of the molecule is C=CCN1C(=O)C(C)(C)COc2ccc(NC(=O)CSCc3ccccc3)cc21. The van der Waals surface area contributed by atoms with Crippen molar-refractivity contribution in [1.82, 2.24) is 0 Å². The second-order valence-corrected chi connectivity index (χ2v) is 8.57. The average Bonchev–Trinajstić information content (AvgIpc) is 2.79. The number of nitrogens with one attached hydrogen (secondary N) is 1. The lowest BCUT2D eigenvalue weighted by molar-refractivity contribution is -0.127. The van der Waals surface area contributed by atoms with E-state index in [1.54, 1.807) is 40.9 Å². The van der Waals surface area contributed by atoms with Crippen LogP contribution in [0.1, 0.15) is 19.4 Å². The Morgan fingerprint density at radius 1 is 1.28 bits per heavy atom. The van der Waals surface area contributed by atoms with E-state index in [2.05, 4.69) is 11.9 Å².